The topological polar surface area (TPSA) is 68.8 Å². The number of rotatable bonds is 5. The molecule has 1 aliphatic carbocycles. The Morgan fingerprint density at radius 2 is 2.47 bits per heavy atom. The molecule has 1 aliphatic rings. The summed E-state index contributed by atoms with van der Waals surface area (Å²) in [6.45, 7) is 0. The van der Waals surface area contributed by atoms with E-state index in [1.54, 1.807) is 6.33 Å². The van der Waals surface area contributed by atoms with Gasteiger partial charge in [0.1, 0.15) is 12.2 Å². The summed E-state index contributed by atoms with van der Waals surface area (Å²) in [6, 6.07) is 0.332. The summed E-state index contributed by atoms with van der Waals surface area (Å²) in [7, 11) is 1.92. The van der Waals surface area contributed by atoms with E-state index in [0.29, 0.717) is 6.04 Å². The predicted molar refractivity (Wildman–Crippen MR) is 57.8 cm³/mol. The highest BCUT2D eigenvalue weighted by Gasteiger charge is 2.22. The minimum atomic E-state index is 0.332. The van der Waals surface area contributed by atoms with Gasteiger partial charge in [0.25, 0.3) is 0 Å². The van der Waals surface area contributed by atoms with E-state index in [1.807, 2.05) is 11.7 Å². The van der Waals surface area contributed by atoms with Gasteiger partial charge in [-0.1, -0.05) is 19.3 Å². The second-order valence-corrected chi connectivity index (χ2v) is 4.40. The van der Waals surface area contributed by atoms with E-state index >= 15 is 0 Å². The molecule has 5 heteroatoms. The van der Waals surface area contributed by atoms with Gasteiger partial charge >= 0.3 is 0 Å². The van der Waals surface area contributed by atoms with E-state index in [0.717, 1.165) is 24.6 Å². The highest BCUT2D eigenvalue weighted by Crippen LogP contribution is 2.30. The first-order valence-electron chi connectivity index (χ1n) is 5.58. The van der Waals surface area contributed by atoms with Gasteiger partial charge in [-0.2, -0.15) is 5.10 Å². The average molecular weight is 209 g/mol. The fourth-order valence-corrected chi connectivity index (χ4v) is 2.07. The van der Waals surface area contributed by atoms with Crippen LogP contribution in [-0.2, 0) is 13.5 Å². The van der Waals surface area contributed by atoms with Gasteiger partial charge in [0.15, 0.2) is 0 Å². The maximum absolute atomic E-state index is 5.56. The molecule has 1 atom stereocenters. The Morgan fingerprint density at radius 3 is 2.93 bits per heavy atom. The minimum Gasteiger partial charge on any atom is -0.271 e. The summed E-state index contributed by atoms with van der Waals surface area (Å²) < 4.78 is 1.81. The van der Waals surface area contributed by atoms with Crippen molar-refractivity contribution in [1.29, 1.82) is 0 Å². The Kier molecular flexibility index (Phi) is 3.33. The number of hydrazine groups is 1. The largest absolute Gasteiger partial charge is 0.271 e. The molecule has 1 aromatic rings. The van der Waals surface area contributed by atoms with Gasteiger partial charge in [0.05, 0.1) is 0 Å². The molecule has 0 saturated heterocycles. The molecule has 1 saturated carbocycles. The van der Waals surface area contributed by atoms with Crippen LogP contribution in [0, 0.1) is 5.92 Å². The molecule has 1 fully saturated rings. The van der Waals surface area contributed by atoms with Crippen molar-refractivity contribution in [2.75, 3.05) is 0 Å². The lowest BCUT2D eigenvalue weighted by atomic mass is 9.80. The zero-order valence-corrected chi connectivity index (χ0v) is 9.19. The second kappa shape index (κ2) is 4.72. The predicted octanol–water partition coefficient (Wildman–Crippen LogP) is 0.380. The van der Waals surface area contributed by atoms with Gasteiger partial charge in [0, 0.05) is 19.5 Å². The van der Waals surface area contributed by atoms with E-state index in [2.05, 4.69) is 15.5 Å². The van der Waals surface area contributed by atoms with Gasteiger partial charge in [-0.25, -0.2) is 4.98 Å². The van der Waals surface area contributed by atoms with Crippen molar-refractivity contribution in [2.45, 2.75) is 38.1 Å². The summed E-state index contributed by atoms with van der Waals surface area (Å²) in [6.07, 6.45) is 7.71. The van der Waals surface area contributed by atoms with Crippen LogP contribution in [0.3, 0.4) is 0 Å². The molecule has 0 radical (unpaired) electrons. The highest BCUT2D eigenvalue weighted by molar-refractivity contribution is 4.90. The van der Waals surface area contributed by atoms with Gasteiger partial charge in [-0.15, -0.1) is 0 Å². The molecule has 1 heterocycles. The molecule has 3 N–H and O–H groups in total. The Balaban J connectivity index is 1.87. The molecule has 2 rings (SSSR count). The van der Waals surface area contributed by atoms with Crippen LogP contribution in [0.25, 0.3) is 0 Å². The third kappa shape index (κ3) is 2.54. The van der Waals surface area contributed by atoms with E-state index in [9.17, 15) is 0 Å². The fourth-order valence-electron chi connectivity index (χ4n) is 2.07. The van der Waals surface area contributed by atoms with Crippen LogP contribution >= 0.6 is 0 Å². The summed E-state index contributed by atoms with van der Waals surface area (Å²) in [5.41, 5.74) is 2.89. The van der Waals surface area contributed by atoms with Crippen LogP contribution < -0.4 is 11.3 Å². The molecule has 15 heavy (non-hydrogen) atoms. The van der Waals surface area contributed by atoms with Crippen molar-refractivity contribution in [2.24, 2.45) is 18.8 Å². The Morgan fingerprint density at radius 1 is 1.67 bits per heavy atom. The number of nitrogens with zero attached hydrogens (tertiary/aromatic N) is 3. The van der Waals surface area contributed by atoms with Crippen LogP contribution in [0.1, 0.15) is 31.5 Å². The number of nitrogens with one attached hydrogen (secondary N) is 1. The summed E-state index contributed by atoms with van der Waals surface area (Å²) >= 11 is 0. The van der Waals surface area contributed by atoms with Crippen LogP contribution in [0.2, 0.25) is 0 Å². The molecule has 84 valence electrons. The summed E-state index contributed by atoms with van der Waals surface area (Å²) in [4.78, 5) is 4.21. The molecule has 0 amide bonds. The normalized spacial score (nSPS) is 18.8. The lowest BCUT2D eigenvalue weighted by Gasteiger charge is -2.29. The zero-order chi connectivity index (χ0) is 10.7. The number of nitrogens with two attached hydrogens (primary N) is 1. The van der Waals surface area contributed by atoms with E-state index in [1.165, 1.54) is 19.3 Å². The first-order chi connectivity index (χ1) is 7.29. The molecule has 0 aliphatic heterocycles. The van der Waals surface area contributed by atoms with Gasteiger partial charge in [0.2, 0.25) is 0 Å². The van der Waals surface area contributed by atoms with Crippen molar-refractivity contribution in [3.05, 3.63) is 12.2 Å². The monoisotopic (exact) mass is 209 g/mol. The smallest absolute Gasteiger partial charge is 0.138 e. The Labute approximate surface area is 90.0 Å². The first kappa shape index (κ1) is 10.6. The maximum Gasteiger partial charge on any atom is 0.138 e. The van der Waals surface area contributed by atoms with E-state index < -0.39 is 0 Å². The Hall–Kier alpha value is -0.940. The van der Waals surface area contributed by atoms with Gasteiger partial charge < -0.3 is 0 Å². The first-order valence-corrected chi connectivity index (χ1v) is 5.58. The molecule has 0 bridgehead atoms. The van der Waals surface area contributed by atoms with Crippen molar-refractivity contribution in [1.82, 2.24) is 20.2 Å². The van der Waals surface area contributed by atoms with Gasteiger partial charge in [-0.3, -0.25) is 16.0 Å². The van der Waals surface area contributed by atoms with Crippen LogP contribution in [-0.4, -0.2) is 20.8 Å². The highest BCUT2D eigenvalue weighted by atomic mass is 15.3. The van der Waals surface area contributed by atoms with Crippen LogP contribution in [0.4, 0.5) is 0 Å². The number of aromatic nitrogens is 3. The van der Waals surface area contributed by atoms with E-state index in [4.69, 9.17) is 5.84 Å². The van der Waals surface area contributed by atoms with Crippen LogP contribution in [0.5, 0.6) is 0 Å². The van der Waals surface area contributed by atoms with Crippen molar-refractivity contribution >= 4 is 0 Å². The zero-order valence-electron chi connectivity index (χ0n) is 9.19. The molecule has 0 aromatic carbocycles. The minimum absolute atomic E-state index is 0.332. The molecular weight excluding hydrogens is 190 g/mol. The molecule has 1 unspecified atom stereocenters. The van der Waals surface area contributed by atoms with Crippen molar-refractivity contribution in [3.63, 3.8) is 0 Å². The van der Waals surface area contributed by atoms with Crippen molar-refractivity contribution in [3.8, 4) is 0 Å². The SMILES string of the molecule is Cn1ncnc1CC(CC1CCC1)NN. The molecular formula is C10H19N5. The number of hydrogen-bond donors (Lipinski definition) is 2. The lowest BCUT2D eigenvalue weighted by Crippen LogP contribution is -2.39. The second-order valence-electron chi connectivity index (χ2n) is 4.40. The maximum atomic E-state index is 5.56. The summed E-state index contributed by atoms with van der Waals surface area (Å²) in [5.74, 6) is 7.42. The third-order valence-electron chi connectivity index (χ3n) is 3.31. The van der Waals surface area contributed by atoms with Crippen molar-refractivity contribution < 1.29 is 0 Å². The number of hydrogen-bond acceptors (Lipinski definition) is 4. The van der Waals surface area contributed by atoms with E-state index in [-0.39, 0.29) is 0 Å². The number of aryl methyl sites for hydroxylation is 1. The van der Waals surface area contributed by atoms with Gasteiger partial charge in [-0.05, 0) is 12.3 Å². The molecule has 5 nitrogen and oxygen atoms in total. The lowest BCUT2D eigenvalue weighted by molar-refractivity contribution is 0.257. The molecule has 1 aromatic heterocycles. The quantitative estimate of drug-likeness (QED) is 0.543. The fraction of sp³-hybridized carbons (Fsp3) is 0.800. The third-order valence-corrected chi connectivity index (χ3v) is 3.31. The summed E-state index contributed by atoms with van der Waals surface area (Å²) in [5, 5.41) is 4.05. The van der Waals surface area contributed by atoms with Crippen LogP contribution in [0.15, 0.2) is 6.33 Å². The Bertz CT molecular complexity index is 305. The standard InChI is InChI=1S/C10H19N5/c1-15-10(12-7-13-15)6-9(14-11)5-8-3-2-4-8/h7-9,14H,2-6,11H2,1H3. The average Bonchev–Trinajstić information content (AvgIpc) is 2.56. The molecule has 0 spiro atoms.